The van der Waals surface area contributed by atoms with Gasteiger partial charge in [-0.25, -0.2) is 0 Å². The third-order valence-electron chi connectivity index (χ3n) is 6.22. The maximum atomic E-state index is 10.5. The molecule has 0 aliphatic carbocycles. The van der Waals surface area contributed by atoms with Gasteiger partial charge in [0.15, 0.2) is 12.6 Å². The predicted octanol–water partition coefficient (Wildman–Crippen LogP) is -0.184. The Morgan fingerprint density at radius 2 is 0.892 bits per heavy atom. The van der Waals surface area contributed by atoms with Crippen molar-refractivity contribution in [3.8, 4) is 0 Å². The van der Waals surface area contributed by atoms with E-state index in [4.69, 9.17) is 14.2 Å². The van der Waals surface area contributed by atoms with Crippen molar-refractivity contribution in [2.24, 2.45) is 0 Å². The summed E-state index contributed by atoms with van der Waals surface area (Å²) in [5, 5.41) is 83.4. The summed E-state index contributed by atoms with van der Waals surface area (Å²) in [6, 6.07) is 17.2. The molecule has 0 radical (unpaired) electrons. The topological polar surface area (TPSA) is 190 Å². The second-order valence-electron chi connectivity index (χ2n) is 8.89. The second-order valence-corrected chi connectivity index (χ2v) is 8.89. The molecule has 8 N–H and O–H groups in total. The Morgan fingerprint density at radius 1 is 0.541 bits per heavy atom. The molecule has 11 heteroatoms. The maximum Gasteiger partial charge on any atom is 0.190 e. The van der Waals surface area contributed by atoms with Gasteiger partial charge in [-0.2, -0.15) is 0 Å². The van der Waals surface area contributed by atoms with Crippen molar-refractivity contribution >= 4 is 12.2 Å². The van der Waals surface area contributed by atoms with Crippen LogP contribution in [0.2, 0.25) is 0 Å². The summed E-state index contributed by atoms with van der Waals surface area (Å²) in [5.74, 6) is -0.944. The first kappa shape index (κ1) is 27.2. The summed E-state index contributed by atoms with van der Waals surface area (Å²) < 4.78 is 16.5. The van der Waals surface area contributed by atoms with E-state index in [0.717, 1.165) is 0 Å². The molecule has 2 aliphatic rings. The maximum absolute atomic E-state index is 10.5. The molecule has 37 heavy (non-hydrogen) atoms. The van der Waals surface area contributed by atoms with Crippen molar-refractivity contribution in [2.75, 3.05) is 0 Å². The molecule has 2 fully saturated rings. The van der Waals surface area contributed by atoms with Crippen LogP contribution in [0.25, 0.3) is 12.2 Å². The van der Waals surface area contributed by atoms with E-state index < -0.39 is 72.9 Å². The van der Waals surface area contributed by atoms with Crippen molar-refractivity contribution < 1.29 is 55.1 Å². The van der Waals surface area contributed by atoms with Crippen molar-refractivity contribution in [1.82, 2.24) is 0 Å². The molecule has 0 spiro atoms. The van der Waals surface area contributed by atoms with Gasteiger partial charge in [0.2, 0.25) is 0 Å². The monoisotopic (exact) mass is 518 g/mol. The van der Waals surface area contributed by atoms with Gasteiger partial charge in [-0.3, -0.25) is 0 Å². The molecule has 10 atom stereocenters. The third kappa shape index (κ3) is 6.02. The minimum absolute atomic E-state index is 0.472. The first-order valence-corrected chi connectivity index (χ1v) is 11.6. The van der Waals surface area contributed by atoms with Gasteiger partial charge in [-0.15, -0.1) is 0 Å². The lowest BCUT2D eigenvalue weighted by Crippen LogP contribution is -2.63. The van der Waals surface area contributed by atoms with Crippen LogP contribution in [0.5, 0.6) is 0 Å². The Morgan fingerprint density at radius 3 is 1.24 bits per heavy atom. The highest BCUT2D eigenvalue weighted by Crippen LogP contribution is 2.32. The third-order valence-corrected chi connectivity index (χ3v) is 6.22. The van der Waals surface area contributed by atoms with E-state index in [1.807, 2.05) is 0 Å². The van der Waals surface area contributed by atoms with E-state index in [2.05, 4.69) is 0 Å². The predicted molar refractivity (Wildman–Crippen MR) is 129 cm³/mol. The first-order valence-electron chi connectivity index (χ1n) is 11.6. The fourth-order valence-electron chi connectivity index (χ4n) is 4.15. The van der Waals surface area contributed by atoms with E-state index in [9.17, 15) is 40.9 Å². The highest BCUT2D eigenvalue weighted by molar-refractivity contribution is 5.52. The van der Waals surface area contributed by atoms with Crippen molar-refractivity contribution in [2.45, 2.75) is 61.4 Å². The zero-order valence-electron chi connectivity index (χ0n) is 19.5. The molecule has 0 amide bonds. The molecule has 0 bridgehead atoms. The van der Waals surface area contributed by atoms with E-state index in [1.54, 1.807) is 60.7 Å². The Balaban J connectivity index is 1.53. The minimum Gasteiger partial charge on any atom is -0.509 e. The minimum atomic E-state index is -1.84. The Labute approximate surface area is 212 Å². The van der Waals surface area contributed by atoms with Crippen LogP contribution < -0.4 is 0 Å². The molecule has 2 aliphatic heterocycles. The smallest absolute Gasteiger partial charge is 0.190 e. The standard InChI is InChI=1S/C26H30O11/c27-15(11-13-7-3-1-4-8-13)23-19(31)17(29)21(33)25(35-23)37-26-22(34)18(30)20(32)24(36-26)16(28)12-14-9-5-2-6-10-14/h1-12,17-34H/t17-,18-,19-,20-,21+,22+,23+,24+,25+,26+/m0/s1. The van der Waals surface area contributed by atoms with E-state index in [1.165, 1.54) is 12.2 Å². The van der Waals surface area contributed by atoms with Crippen molar-refractivity contribution in [1.29, 1.82) is 0 Å². The van der Waals surface area contributed by atoms with Crippen LogP contribution >= 0.6 is 0 Å². The van der Waals surface area contributed by atoms with Gasteiger partial charge in [0.05, 0.1) is 0 Å². The molecule has 2 aromatic carbocycles. The summed E-state index contributed by atoms with van der Waals surface area (Å²) in [4.78, 5) is 0. The van der Waals surface area contributed by atoms with Crippen LogP contribution in [0.4, 0.5) is 0 Å². The summed E-state index contributed by atoms with van der Waals surface area (Å²) in [5.41, 5.74) is 1.14. The average molecular weight is 519 g/mol. The van der Waals surface area contributed by atoms with Crippen LogP contribution in [0.3, 0.4) is 0 Å². The molecular weight excluding hydrogens is 488 g/mol. The number of aliphatic hydroxyl groups excluding tert-OH is 8. The van der Waals surface area contributed by atoms with Gasteiger partial charge in [0.1, 0.15) is 60.4 Å². The Hall–Kier alpha value is -2.84. The number of hydrogen-bond donors (Lipinski definition) is 8. The summed E-state index contributed by atoms with van der Waals surface area (Å²) >= 11 is 0. The van der Waals surface area contributed by atoms with Gasteiger partial charge in [-0.1, -0.05) is 60.7 Å². The highest BCUT2D eigenvalue weighted by Gasteiger charge is 2.51. The molecule has 2 heterocycles. The van der Waals surface area contributed by atoms with Gasteiger partial charge >= 0.3 is 0 Å². The molecular formula is C26H30O11. The fraction of sp³-hybridized carbons (Fsp3) is 0.385. The molecule has 0 unspecified atom stereocenters. The lowest BCUT2D eigenvalue weighted by atomic mass is 9.95. The number of aliphatic hydroxyl groups is 8. The number of rotatable bonds is 6. The summed E-state index contributed by atoms with van der Waals surface area (Å²) in [6.45, 7) is 0. The van der Waals surface area contributed by atoms with Gasteiger partial charge in [0, 0.05) is 0 Å². The first-order chi connectivity index (χ1) is 17.7. The largest absolute Gasteiger partial charge is 0.509 e. The van der Waals surface area contributed by atoms with Crippen LogP contribution in [0, 0.1) is 0 Å². The number of ether oxygens (including phenoxy) is 3. The highest BCUT2D eigenvalue weighted by atomic mass is 16.8. The Kier molecular flexibility index (Phi) is 8.60. The molecule has 2 aromatic rings. The summed E-state index contributed by atoms with van der Waals surface area (Å²) in [6.07, 6.45) is -14.8. The lowest BCUT2D eigenvalue weighted by molar-refractivity contribution is -0.370. The number of hydrogen-bond acceptors (Lipinski definition) is 11. The molecule has 11 nitrogen and oxygen atoms in total. The second kappa shape index (κ2) is 11.7. The average Bonchev–Trinajstić information content (AvgIpc) is 2.90. The van der Waals surface area contributed by atoms with Gasteiger partial charge < -0.3 is 55.1 Å². The fourth-order valence-corrected chi connectivity index (χ4v) is 4.15. The van der Waals surface area contributed by atoms with Crippen molar-refractivity contribution in [3.05, 3.63) is 83.3 Å². The molecule has 0 aromatic heterocycles. The van der Waals surface area contributed by atoms with Crippen LogP contribution in [-0.2, 0) is 14.2 Å². The molecule has 0 saturated carbocycles. The zero-order chi connectivity index (χ0) is 26.7. The molecule has 200 valence electrons. The molecule has 2 saturated heterocycles. The van der Waals surface area contributed by atoms with Crippen LogP contribution in [0.15, 0.2) is 72.2 Å². The number of benzene rings is 2. The quantitative estimate of drug-likeness (QED) is 0.237. The van der Waals surface area contributed by atoms with Crippen LogP contribution in [-0.4, -0.2) is 102 Å². The van der Waals surface area contributed by atoms with E-state index in [-0.39, 0.29) is 0 Å². The Bertz CT molecular complexity index is 991. The normalized spacial score (nSPS) is 37.4. The van der Waals surface area contributed by atoms with E-state index in [0.29, 0.717) is 11.1 Å². The van der Waals surface area contributed by atoms with Crippen LogP contribution in [0.1, 0.15) is 11.1 Å². The zero-order valence-corrected chi connectivity index (χ0v) is 19.5. The van der Waals surface area contributed by atoms with Crippen molar-refractivity contribution in [3.63, 3.8) is 0 Å². The molecule has 4 rings (SSSR count). The van der Waals surface area contributed by atoms with Gasteiger partial charge in [-0.05, 0) is 23.3 Å². The summed E-state index contributed by atoms with van der Waals surface area (Å²) in [7, 11) is 0. The van der Waals surface area contributed by atoms with E-state index >= 15 is 0 Å². The van der Waals surface area contributed by atoms with Gasteiger partial charge in [0.25, 0.3) is 0 Å². The SMILES string of the molecule is OC(=Cc1ccccc1)[C@H]1O[C@H](O[C@H]2O[C@H](C(O)=Cc3ccccc3)[C@@H](O)[C@H](O)[C@H]2O)[C@H](O)[C@@H](O)[C@@H]1O. The lowest BCUT2D eigenvalue weighted by Gasteiger charge is -2.44.